The van der Waals surface area contributed by atoms with Crippen LogP contribution in [0.4, 0.5) is 0 Å². The van der Waals surface area contributed by atoms with Gasteiger partial charge in [-0.1, -0.05) is 25.1 Å². The largest absolute Gasteiger partial charge is 0.388 e. The predicted octanol–water partition coefficient (Wildman–Crippen LogP) is 0.920. The average molecular weight is 379 g/mol. The first-order valence-electron chi connectivity index (χ1n) is 8.00. The summed E-state index contributed by atoms with van der Waals surface area (Å²) in [6, 6.07) is 8.41. The standard InChI is InChI=1S/C17H21N3O5S/c1-2-15(17(22)19-23)20-26(24,25)14-7-5-12(6-8-14)10-16(21)13-4-3-9-18-11-13/h3-9,11,15-16,20-21,23H,2,10H2,1H3,(H,19,22)/t15-,16?/m1/s1. The number of aromatic nitrogens is 1. The summed E-state index contributed by atoms with van der Waals surface area (Å²) in [5.74, 6) is -0.827. The Morgan fingerprint density at radius 3 is 2.46 bits per heavy atom. The molecule has 1 aromatic carbocycles. The summed E-state index contributed by atoms with van der Waals surface area (Å²) in [5, 5.41) is 18.9. The maximum absolute atomic E-state index is 12.3. The molecule has 2 atom stereocenters. The van der Waals surface area contributed by atoms with Crippen molar-refractivity contribution in [2.24, 2.45) is 0 Å². The molecule has 0 saturated heterocycles. The van der Waals surface area contributed by atoms with Crippen LogP contribution < -0.4 is 10.2 Å². The highest BCUT2D eigenvalue weighted by Gasteiger charge is 2.24. The first-order valence-corrected chi connectivity index (χ1v) is 9.49. The number of nitrogens with zero attached hydrogens (tertiary/aromatic N) is 1. The molecule has 26 heavy (non-hydrogen) atoms. The number of aliphatic hydroxyl groups is 1. The second-order valence-corrected chi connectivity index (χ2v) is 7.42. The molecule has 2 aromatic rings. The van der Waals surface area contributed by atoms with Crippen LogP contribution in [-0.4, -0.2) is 35.7 Å². The molecular weight excluding hydrogens is 358 g/mol. The molecule has 0 aliphatic rings. The molecule has 0 bridgehead atoms. The number of carbonyl (C=O) groups excluding carboxylic acids is 1. The van der Waals surface area contributed by atoms with Crippen molar-refractivity contribution >= 4 is 15.9 Å². The maximum atomic E-state index is 12.3. The van der Waals surface area contributed by atoms with Gasteiger partial charge in [0.1, 0.15) is 6.04 Å². The molecule has 0 aliphatic carbocycles. The third kappa shape index (κ3) is 5.09. The lowest BCUT2D eigenvalue weighted by atomic mass is 10.0. The minimum Gasteiger partial charge on any atom is -0.388 e. The van der Waals surface area contributed by atoms with E-state index in [1.54, 1.807) is 43.6 Å². The summed E-state index contributed by atoms with van der Waals surface area (Å²) in [4.78, 5) is 15.4. The lowest BCUT2D eigenvalue weighted by molar-refractivity contribution is -0.131. The van der Waals surface area contributed by atoms with Crippen molar-refractivity contribution in [3.63, 3.8) is 0 Å². The van der Waals surface area contributed by atoms with E-state index in [0.717, 1.165) is 5.56 Å². The molecule has 9 heteroatoms. The van der Waals surface area contributed by atoms with Gasteiger partial charge in [-0.2, -0.15) is 4.72 Å². The van der Waals surface area contributed by atoms with Crippen molar-refractivity contribution in [1.82, 2.24) is 15.2 Å². The molecule has 0 aliphatic heterocycles. The van der Waals surface area contributed by atoms with Crippen molar-refractivity contribution < 1.29 is 23.5 Å². The van der Waals surface area contributed by atoms with E-state index in [4.69, 9.17) is 5.21 Å². The van der Waals surface area contributed by atoms with E-state index in [1.807, 2.05) is 0 Å². The molecule has 8 nitrogen and oxygen atoms in total. The number of rotatable bonds is 8. The monoisotopic (exact) mass is 379 g/mol. The van der Waals surface area contributed by atoms with Gasteiger partial charge < -0.3 is 5.11 Å². The van der Waals surface area contributed by atoms with E-state index in [0.29, 0.717) is 12.0 Å². The van der Waals surface area contributed by atoms with Gasteiger partial charge in [-0.15, -0.1) is 0 Å². The van der Waals surface area contributed by atoms with Crippen molar-refractivity contribution in [1.29, 1.82) is 0 Å². The van der Waals surface area contributed by atoms with E-state index in [2.05, 4.69) is 9.71 Å². The zero-order chi connectivity index (χ0) is 19.2. The Labute approximate surface area is 151 Å². The Kier molecular flexibility index (Phi) is 6.81. The number of carbonyl (C=O) groups is 1. The number of sulfonamides is 1. The van der Waals surface area contributed by atoms with E-state index >= 15 is 0 Å². The molecule has 1 aromatic heterocycles. The highest BCUT2D eigenvalue weighted by Crippen LogP contribution is 2.19. The molecule has 0 fully saturated rings. The van der Waals surface area contributed by atoms with Crippen LogP contribution in [0.1, 0.15) is 30.6 Å². The van der Waals surface area contributed by atoms with Gasteiger partial charge in [0.15, 0.2) is 0 Å². The van der Waals surface area contributed by atoms with Gasteiger partial charge in [0, 0.05) is 18.8 Å². The van der Waals surface area contributed by atoms with Crippen molar-refractivity contribution in [2.45, 2.75) is 36.8 Å². The molecule has 0 saturated carbocycles. The van der Waals surface area contributed by atoms with Gasteiger partial charge in [0.25, 0.3) is 5.91 Å². The average Bonchev–Trinajstić information content (AvgIpc) is 2.66. The number of hydroxylamine groups is 1. The fourth-order valence-corrected chi connectivity index (χ4v) is 3.65. The van der Waals surface area contributed by atoms with Crippen LogP contribution in [0.2, 0.25) is 0 Å². The minimum absolute atomic E-state index is 0.0127. The second kappa shape index (κ2) is 8.86. The summed E-state index contributed by atoms with van der Waals surface area (Å²) in [7, 11) is -3.92. The summed E-state index contributed by atoms with van der Waals surface area (Å²) in [5.41, 5.74) is 2.86. The summed E-state index contributed by atoms with van der Waals surface area (Å²) in [6.45, 7) is 1.62. The van der Waals surface area contributed by atoms with Gasteiger partial charge >= 0.3 is 0 Å². The summed E-state index contributed by atoms with van der Waals surface area (Å²) >= 11 is 0. The fourth-order valence-electron chi connectivity index (χ4n) is 2.37. The molecular formula is C17H21N3O5S. The van der Waals surface area contributed by atoms with Crippen molar-refractivity contribution in [3.05, 3.63) is 59.9 Å². The number of nitrogens with one attached hydrogen (secondary N) is 2. The third-order valence-corrected chi connectivity index (χ3v) is 5.35. The first-order chi connectivity index (χ1) is 12.4. The Hall–Kier alpha value is -2.33. The number of aliphatic hydroxyl groups excluding tert-OH is 1. The highest BCUT2D eigenvalue weighted by atomic mass is 32.2. The Balaban J connectivity index is 2.09. The number of hydrogen-bond acceptors (Lipinski definition) is 6. The van der Waals surface area contributed by atoms with Crippen LogP contribution in [-0.2, 0) is 21.2 Å². The number of benzene rings is 1. The molecule has 1 amide bonds. The van der Waals surface area contributed by atoms with E-state index in [-0.39, 0.29) is 11.3 Å². The fraction of sp³-hybridized carbons (Fsp3) is 0.294. The van der Waals surface area contributed by atoms with E-state index in [1.165, 1.54) is 17.6 Å². The lowest BCUT2D eigenvalue weighted by Crippen LogP contribution is -2.45. The Morgan fingerprint density at radius 1 is 1.23 bits per heavy atom. The molecule has 140 valence electrons. The maximum Gasteiger partial charge on any atom is 0.261 e. The number of amides is 1. The first kappa shape index (κ1) is 20.0. The van der Waals surface area contributed by atoms with Crippen molar-refractivity contribution in [2.75, 3.05) is 0 Å². The Morgan fingerprint density at radius 2 is 1.92 bits per heavy atom. The van der Waals surface area contributed by atoms with Gasteiger partial charge in [0.05, 0.1) is 11.0 Å². The van der Waals surface area contributed by atoms with Crippen molar-refractivity contribution in [3.8, 4) is 0 Å². The topological polar surface area (TPSA) is 129 Å². The summed E-state index contributed by atoms with van der Waals surface area (Å²) < 4.78 is 26.9. The van der Waals surface area contributed by atoms with Gasteiger partial charge in [-0.05, 0) is 35.7 Å². The normalized spacial score (nSPS) is 13.8. The zero-order valence-corrected chi connectivity index (χ0v) is 15.0. The lowest BCUT2D eigenvalue weighted by Gasteiger charge is -2.15. The van der Waals surface area contributed by atoms with Gasteiger partial charge in [-0.3, -0.25) is 15.0 Å². The van der Waals surface area contributed by atoms with Crippen LogP contribution in [0.15, 0.2) is 53.7 Å². The number of hydrogen-bond donors (Lipinski definition) is 4. The zero-order valence-electron chi connectivity index (χ0n) is 14.2. The van der Waals surface area contributed by atoms with Crippen LogP contribution in [0.25, 0.3) is 0 Å². The second-order valence-electron chi connectivity index (χ2n) is 5.71. The Bertz CT molecular complexity index is 825. The number of pyridine rings is 1. The molecule has 2 rings (SSSR count). The van der Waals surface area contributed by atoms with Crippen LogP contribution in [0, 0.1) is 0 Å². The van der Waals surface area contributed by atoms with Crippen LogP contribution >= 0.6 is 0 Å². The van der Waals surface area contributed by atoms with Crippen LogP contribution in [0.3, 0.4) is 0 Å². The van der Waals surface area contributed by atoms with E-state index < -0.39 is 28.1 Å². The predicted molar refractivity (Wildman–Crippen MR) is 93.7 cm³/mol. The smallest absolute Gasteiger partial charge is 0.261 e. The SMILES string of the molecule is CC[C@@H](NS(=O)(=O)c1ccc(CC(O)c2cccnc2)cc1)C(=O)NO. The molecule has 0 spiro atoms. The molecule has 1 heterocycles. The van der Waals surface area contributed by atoms with Gasteiger partial charge in [-0.25, -0.2) is 13.9 Å². The quantitative estimate of drug-likeness (QED) is 0.399. The molecule has 1 unspecified atom stereocenters. The summed E-state index contributed by atoms with van der Waals surface area (Å²) in [6.07, 6.45) is 2.93. The third-order valence-electron chi connectivity index (χ3n) is 3.86. The molecule has 0 radical (unpaired) electrons. The van der Waals surface area contributed by atoms with Crippen LogP contribution in [0.5, 0.6) is 0 Å². The van der Waals surface area contributed by atoms with E-state index in [9.17, 15) is 18.3 Å². The highest BCUT2D eigenvalue weighted by molar-refractivity contribution is 7.89. The molecule has 4 N–H and O–H groups in total. The van der Waals surface area contributed by atoms with Gasteiger partial charge in [0.2, 0.25) is 10.0 Å². The minimum atomic E-state index is -3.92.